The molecule has 0 aromatic carbocycles. The summed E-state index contributed by atoms with van der Waals surface area (Å²) in [4.78, 5) is 5.34. The predicted molar refractivity (Wildman–Crippen MR) is 49.2 cm³/mol. The van der Waals surface area contributed by atoms with Gasteiger partial charge in [-0.15, -0.1) is 0 Å². The molecule has 0 N–H and O–H groups in total. The zero-order valence-corrected chi connectivity index (χ0v) is 7.55. The first-order valence-electron chi connectivity index (χ1n) is 4.84. The smallest absolute Gasteiger partial charge is 0.146 e. The summed E-state index contributed by atoms with van der Waals surface area (Å²) in [7, 11) is 0. The molecule has 2 rings (SSSR count). The SMILES string of the molecule is CCC1=NOC2C=C1CCCC2. The summed E-state index contributed by atoms with van der Waals surface area (Å²) >= 11 is 0. The fraction of sp³-hybridized carbons (Fsp3) is 0.700. The second-order valence-electron chi connectivity index (χ2n) is 3.47. The molecule has 0 saturated carbocycles. The fourth-order valence-electron chi connectivity index (χ4n) is 1.86. The molecule has 0 spiro atoms. The van der Waals surface area contributed by atoms with Crippen molar-refractivity contribution in [2.75, 3.05) is 0 Å². The molecule has 2 nitrogen and oxygen atoms in total. The van der Waals surface area contributed by atoms with Crippen LogP contribution in [0.4, 0.5) is 0 Å². The van der Waals surface area contributed by atoms with E-state index < -0.39 is 0 Å². The van der Waals surface area contributed by atoms with Crippen LogP contribution in [0.25, 0.3) is 0 Å². The molecule has 1 unspecified atom stereocenters. The Balaban J connectivity index is 2.18. The largest absolute Gasteiger partial charge is 0.388 e. The Morgan fingerprint density at radius 2 is 2.50 bits per heavy atom. The van der Waals surface area contributed by atoms with E-state index in [9.17, 15) is 0 Å². The van der Waals surface area contributed by atoms with Crippen LogP contribution >= 0.6 is 0 Å². The molecule has 0 aromatic heterocycles. The first-order valence-corrected chi connectivity index (χ1v) is 4.84. The van der Waals surface area contributed by atoms with Crippen molar-refractivity contribution in [2.24, 2.45) is 5.16 Å². The zero-order valence-electron chi connectivity index (χ0n) is 7.55. The highest BCUT2D eigenvalue weighted by Crippen LogP contribution is 2.25. The summed E-state index contributed by atoms with van der Waals surface area (Å²) in [6.45, 7) is 2.13. The van der Waals surface area contributed by atoms with Gasteiger partial charge in [-0.2, -0.15) is 0 Å². The van der Waals surface area contributed by atoms with Crippen LogP contribution in [0.15, 0.2) is 16.8 Å². The summed E-state index contributed by atoms with van der Waals surface area (Å²) in [5.74, 6) is 0. The summed E-state index contributed by atoms with van der Waals surface area (Å²) < 4.78 is 0. The van der Waals surface area contributed by atoms with Gasteiger partial charge in [0.15, 0.2) is 0 Å². The van der Waals surface area contributed by atoms with Crippen LogP contribution in [0, 0.1) is 0 Å². The van der Waals surface area contributed by atoms with E-state index in [1.54, 1.807) is 0 Å². The quantitative estimate of drug-likeness (QED) is 0.585. The highest BCUT2D eigenvalue weighted by molar-refractivity contribution is 6.00. The molecule has 2 aliphatic rings. The minimum Gasteiger partial charge on any atom is -0.388 e. The summed E-state index contributed by atoms with van der Waals surface area (Å²) in [5.41, 5.74) is 2.60. The van der Waals surface area contributed by atoms with Crippen LogP contribution in [0.2, 0.25) is 0 Å². The van der Waals surface area contributed by atoms with Gasteiger partial charge in [0.1, 0.15) is 6.10 Å². The Bertz CT molecular complexity index is 230. The standard InChI is InChI=1S/C10H15NO/c1-2-10-8-5-3-4-6-9(7-8)12-11-10/h7,9H,2-6H2,1H3. The maximum Gasteiger partial charge on any atom is 0.146 e. The molecular weight excluding hydrogens is 150 g/mol. The Morgan fingerprint density at radius 3 is 3.33 bits per heavy atom. The summed E-state index contributed by atoms with van der Waals surface area (Å²) in [6.07, 6.45) is 8.45. The number of rotatable bonds is 1. The second kappa shape index (κ2) is 3.30. The third kappa shape index (κ3) is 1.38. The third-order valence-corrected chi connectivity index (χ3v) is 2.58. The summed E-state index contributed by atoms with van der Waals surface area (Å²) in [6, 6.07) is 0. The van der Waals surface area contributed by atoms with Gasteiger partial charge in [0.25, 0.3) is 0 Å². The van der Waals surface area contributed by atoms with Crippen molar-refractivity contribution in [3.63, 3.8) is 0 Å². The van der Waals surface area contributed by atoms with Crippen molar-refractivity contribution in [2.45, 2.75) is 45.1 Å². The van der Waals surface area contributed by atoms with E-state index in [1.165, 1.54) is 24.8 Å². The van der Waals surface area contributed by atoms with Gasteiger partial charge in [0.2, 0.25) is 0 Å². The van der Waals surface area contributed by atoms with Gasteiger partial charge in [-0.1, -0.05) is 12.1 Å². The van der Waals surface area contributed by atoms with Crippen molar-refractivity contribution < 1.29 is 4.84 Å². The van der Waals surface area contributed by atoms with E-state index in [0.717, 1.165) is 18.6 Å². The molecule has 1 atom stereocenters. The number of oxime groups is 1. The minimum absolute atomic E-state index is 0.276. The molecule has 2 heteroatoms. The van der Waals surface area contributed by atoms with Gasteiger partial charge in [-0.3, -0.25) is 0 Å². The lowest BCUT2D eigenvalue weighted by molar-refractivity contribution is 0.0826. The normalized spacial score (nSPS) is 28.2. The van der Waals surface area contributed by atoms with Crippen molar-refractivity contribution in [3.8, 4) is 0 Å². The van der Waals surface area contributed by atoms with E-state index in [2.05, 4.69) is 18.2 Å². The van der Waals surface area contributed by atoms with Crippen LogP contribution in [0.5, 0.6) is 0 Å². The molecule has 1 aliphatic carbocycles. The van der Waals surface area contributed by atoms with Crippen molar-refractivity contribution in [1.82, 2.24) is 0 Å². The number of hydrogen-bond acceptors (Lipinski definition) is 2. The van der Waals surface area contributed by atoms with E-state index in [1.807, 2.05) is 0 Å². The second-order valence-corrected chi connectivity index (χ2v) is 3.47. The van der Waals surface area contributed by atoms with Gasteiger partial charge in [-0.25, -0.2) is 0 Å². The van der Waals surface area contributed by atoms with E-state index >= 15 is 0 Å². The van der Waals surface area contributed by atoms with Gasteiger partial charge in [0.05, 0.1) is 5.71 Å². The lowest BCUT2D eigenvalue weighted by atomic mass is 10.0. The van der Waals surface area contributed by atoms with Crippen LogP contribution in [0.1, 0.15) is 39.0 Å². The predicted octanol–water partition coefficient (Wildman–Crippen LogP) is 2.65. The van der Waals surface area contributed by atoms with Crippen molar-refractivity contribution in [1.29, 1.82) is 0 Å². The molecule has 1 heterocycles. The van der Waals surface area contributed by atoms with Crippen LogP contribution in [-0.4, -0.2) is 11.8 Å². The molecule has 0 aromatic rings. The zero-order chi connectivity index (χ0) is 8.39. The Kier molecular flexibility index (Phi) is 2.15. The van der Waals surface area contributed by atoms with E-state index in [0.29, 0.717) is 0 Å². The molecule has 0 fully saturated rings. The Morgan fingerprint density at radius 1 is 1.58 bits per heavy atom. The Labute approximate surface area is 73.3 Å². The average Bonchev–Trinajstić information content (AvgIpc) is 2.29. The molecular formula is C10H15NO. The highest BCUT2D eigenvalue weighted by Gasteiger charge is 2.19. The maximum absolute atomic E-state index is 5.34. The van der Waals surface area contributed by atoms with Gasteiger partial charge in [-0.05, 0) is 43.8 Å². The number of fused-ring (bicyclic) bond motifs is 1. The number of hydrogen-bond donors (Lipinski definition) is 0. The first kappa shape index (κ1) is 7.84. The lowest BCUT2D eigenvalue weighted by Crippen LogP contribution is -2.15. The van der Waals surface area contributed by atoms with Gasteiger partial charge >= 0.3 is 0 Å². The minimum atomic E-state index is 0.276. The molecule has 0 radical (unpaired) electrons. The van der Waals surface area contributed by atoms with Crippen LogP contribution in [0.3, 0.4) is 0 Å². The Hall–Kier alpha value is -0.790. The maximum atomic E-state index is 5.34. The average molecular weight is 165 g/mol. The topological polar surface area (TPSA) is 21.6 Å². The summed E-state index contributed by atoms with van der Waals surface area (Å²) in [5, 5.41) is 4.14. The van der Waals surface area contributed by atoms with Gasteiger partial charge < -0.3 is 4.84 Å². The van der Waals surface area contributed by atoms with E-state index in [4.69, 9.17) is 4.84 Å². The molecule has 0 amide bonds. The first-order chi connectivity index (χ1) is 5.90. The molecule has 2 bridgehead atoms. The molecule has 66 valence electrons. The molecule has 1 aliphatic heterocycles. The van der Waals surface area contributed by atoms with Crippen LogP contribution in [-0.2, 0) is 4.84 Å². The van der Waals surface area contributed by atoms with Crippen molar-refractivity contribution >= 4 is 5.71 Å². The number of nitrogens with zero attached hydrogens (tertiary/aromatic N) is 1. The third-order valence-electron chi connectivity index (χ3n) is 2.58. The molecule has 0 saturated heterocycles. The highest BCUT2D eigenvalue weighted by atomic mass is 16.6. The lowest BCUT2D eigenvalue weighted by Gasteiger charge is -2.16. The molecule has 12 heavy (non-hydrogen) atoms. The van der Waals surface area contributed by atoms with Gasteiger partial charge in [0, 0.05) is 0 Å². The fourth-order valence-corrected chi connectivity index (χ4v) is 1.86. The van der Waals surface area contributed by atoms with Crippen LogP contribution < -0.4 is 0 Å². The van der Waals surface area contributed by atoms with E-state index in [-0.39, 0.29) is 6.10 Å². The van der Waals surface area contributed by atoms with Crippen molar-refractivity contribution in [3.05, 3.63) is 11.6 Å². The number of allylic oxidation sites excluding steroid dienone is 1. The monoisotopic (exact) mass is 165 g/mol.